The van der Waals surface area contributed by atoms with Crippen LogP contribution in [0.3, 0.4) is 0 Å². The number of Topliss-reactive ketones (excluding diaryl/α,β-unsaturated/α-hetero) is 1. The molecule has 0 saturated heterocycles. The van der Waals surface area contributed by atoms with Crippen LogP contribution in [0.15, 0.2) is 90.5 Å². The highest BCUT2D eigenvalue weighted by Crippen LogP contribution is 2.33. The molecule has 0 radical (unpaired) electrons. The van der Waals surface area contributed by atoms with Gasteiger partial charge in [-0.2, -0.15) is 0 Å². The van der Waals surface area contributed by atoms with Gasteiger partial charge in [-0.15, -0.1) is 0 Å². The van der Waals surface area contributed by atoms with Gasteiger partial charge in [0, 0.05) is 5.56 Å². The predicted molar refractivity (Wildman–Crippen MR) is 112 cm³/mol. The smallest absolute Gasteiger partial charge is 0.193 e. The molecule has 0 amide bonds. The Kier molecular flexibility index (Phi) is 5.00. The highest BCUT2D eigenvalue weighted by atomic mass is 32.1. The molecule has 1 atom stereocenters. The summed E-state index contributed by atoms with van der Waals surface area (Å²) in [7, 11) is 0. The molecule has 4 rings (SSSR count). The number of halogens is 1. The summed E-state index contributed by atoms with van der Waals surface area (Å²) < 4.78 is 13.5. The van der Waals surface area contributed by atoms with E-state index in [9.17, 15) is 9.18 Å². The van der Waals surface area contributed by atoms with Crippen LogP contribution in [0.25, 0.3) is 5.70 Å². The first-order valence-corrected chi connectivity index (χ1v) is 9.26. The number of nitrogens with one attached hydrogen (secondary N) is 2. The molecule has 28 heavy (non-hydrogen) atoms. The van der Waals surface area contributed by atoms with Crippen molar-refractivity contribution in [2.75, 3.05) is 0 Å². The number of hydrogen-bond acceptors (Lipinski definition) is 2. The molecule has 0 aliphatic carbocycles. The minimum atomic E-state index is -0.489. The third kappa shape index (κ3) is 3.57. The summed E-state index contributed by atoms with van der Waals surface area (Å²) in [5.74, 6) is -0.445. The SMILES string of the molecule is O=C(C1=C(c2ccccc2)NC(=S)NC1c1ccc(F)cc1)c1ccccc1. The van der Waals surface area contributed by atoms with E-state index in [1.54, 1.807) is 24.3 Å². The first kappa shape index (κ1) is 18.1. The van der Waals surface area contributed by atoms with Crippen molar-refractivity contribution in [3.63, 3.8) is 0 Å². The largest absolute Gasteiger partial charge is 0.351 e. The molecule has 1 aliphatic heterocycles. The van der Waals surface area contributed by atoms with E-state index >= 15 is 0 Å². The number of benzene rings is 3. The van der Waals surface area contributed by atoms with Crippen LogP contribution in [0.5, 0.6) is 0 Å². The number of hydrogen-bond donors (Lipinski definition) is 2. The van der Waals surface area contributed by atoms with Crippen molar-refractivity contribution >= 4 is 28.8 Å². The van der Waals surface area contributed by atoms with Crippen LogP contribution < -0.4 is 10.6 Å². The van der Waals surface area contributed by atoms with Crippen LogP contribution in [0.1, 0.15) is 27.5 Å². The minimum absolute atomic E-state index is 0.115. The molecule has 0 saturated carbocycles. The van der Waals surface area contributed by atoms with Gasteiger partial charge in [-0.3, -0.25) is 4.79 Å². The number of ketones is 1. The summed E-state index contributed by atoms with van der Waals surface area (Å²) in [6.07, 6.45) is 0. The molecule has 1 unspecified atom stereocenters. The van der Waals surface area contributed by atoms with Gasteiger partial charge >= 0.3 is 0 Å². The van der Waals surface area contributed by atoms with E-state index < -0.39 is 6.04 Å². The maximum Gasteiger partial charge on any atom is 0.193 e. The minimum Gasteiger partial charge on any atom is -0.351 e. The van der Waals surface area contributed by atoms with Crippen LogP contribution in [0, 0.1) is 5.82 Å². The molecule has 0 aromatic heterocycles. The molecule has 5 heteroatoms. The first-order valence-electron chi connectivity index (χ1n) is 8.86. The van der Waals surface area contributed by atoms with E-state index in [1.807, 2.05) is 48.5 Å². The molecule has 3 aromatic rings. The van der Waals surface area contributed by atoms with Gasteiger partial charge in [-0.25, -0.2) is 4.39 Å². The maximum absolute atomic E-state index is 13.5. The normalized spacial score (nSPS) is 16.3. The highest BCUT2D eigenvalue weighted by molar-refractivity contribution is 7.80. The van der Waals surface area contributed by atoms with Gasteiger partial charge in [-0.05, 0) is 35.5 Å². The van der Waals surface area contributed by atoms with Gasteiger partial charge < -0.3 is 10.6 Å². The molecule has 2 N–H and O–H groups in total. The zero-order valence-electron chi connectivity index (χ0n) is 14.9. The van der Waals surface area contributed by atoms with E-state index in [2.05, 4.69) is 10.6 Å². The van der Waals surface area contributed by atoms with Crippen molar-refractivity contribution in [1.82, 2.24) is 10.6 Å². The van der Waals surface area contributed by atoms with E-state index in [0.717, 1.165) is 11.1 Å². The second-order valence-electron chi connectivity index (χ2n) is 6.43. The molecule has 3 nitrogen and oxygen atoms in total. The van der Waals surface area contributed by atoms with Gasteiger partial charge in [0.2, 0.25) is 0 Å². The van der Waals surface area contributed by atoms with Gasteiger partial charge in [0.05, 0.1) is 17.3 Å². The number of carbonyl (C=O) groups excluding carboxylic acids is 1. The number of thiocarbonyl (C=S) groups is 1. The molecule has 138 valence electrons. The Morgan fingerprint density at radius 2 is 1.46 bits per heavy atom. The summed E-state index contributed by atoms with van der Waals surface area (Å²) in [5.41, 5.74) is 3.40. The number of carbonyl (C=O) groups is 1. The van der Waals surface area contributed by atoms with Crippen molar-refractivity contribution in [3.05, 3.63) is 113 Å². The molecule has 1 heterocycles. The molecule has 0 bridgehead atoms. The Morgan fingerprint density at radius 3 is 2.11 bits per heavy atom. The summed E-state index contributed by atoms with van der Waals surface area (Å²) in [5, 5.41) is 6.74. The molecule has 1 aliphatic rings. The Bertz CT molecular complexity index is 1050. The lowest BCUT2D eigenvalue weighted by atomic mass is 9.87. The van der Waals surface area contributed by atoms with Gasteiger partial charge in [0.25, 0.3) is 0 Å². The summed E-state index contributed by atoms with van der Waals surface area (Å²) in [6, 6.07) is 24.3. The second-order valence-corrected chi connectivity index (χ2v) is 6.84. The fourth-order valence-electron chi connectivity index (χ4n) is 3.29. The second kappa shape index (κ2) is 7.74. The summed E-state index contributed by atoms with van der Waals surface area (Å²) in [6.45, 7) is 0. The van der Waals surface area contributed by atoms with E-state index in [1.165, 1.54) is 12.1 Å². The Labute approximate surface area is 167 Å². The zero-order valence-corrected chi connectivity index (χ0v) is 15.7. The molecule has 0 spiro atoms. The third-order valence-electron chi connectivity index (χ3n) is 4.62. The fourth-order valence-corrected chi connectivity index (χ4v) is 3.51. The van der Waals surface area contributed by atoms with Gasteiger partial charge in [0.1, 0.15) is 5.82 Å². The Hall–Kier alpha value is -3.31. The average Bonchev–Trinajstić information content (AvgIpc) is 2.74. The van der Waals surface area contributed by atoms with Crippen molar-refractivity contribution in [1.29, 1.82) is 0 Å². The van der Waals surface area contributed by atoms with Gasteiger partial charge in [0.15, 0.2) is 10.9 Å². The zero-order chi connectivity index (χ0) is 19.5. The maximum atomic E-state index is 13.5. The monoisotopic (exact) mass is 388 g/mol. The van der Waals surface area contributed by atoms with Gasteiger partial charge in [-0.1, -0.05) is 72.8 Å². The van der Waals surface area contributed by atoms with E-state index in [0.29, 0.717) is 21.9 Å². The van der Waals surface area contributed by atoms with Crippen LogP contribution in [-0.2, 0) is 0 Å². The molecule has 0 fully saturated rings. The standard InChI is InChI=1S/C23H17FN2OS/c24-18-13-11-16(12-14-18)21-19(22(27)17-9-5-2-6-10-17)20(25-23(28)26-21)15-7-3-1-4-8-15/h1-14,21H,(H2,25,26,28). The Balaban J connectivity index is 1.92. The van der Waals surface area contributed by atoms with Crippen molar-refractivity contribution in [2.45, 2.75) is 6.04 Å². The summed E-state index contributed by atoms with van der Waals surface area (Å²) in [4.78, 5) is 13.5. The van der Waals surface area contributed by atoms with E-state index in [4.69, 9.17) is 12.2 Å². The van der Waals surface area contributed by atoms with E-state index in [-0.39, 0.29) is 11.6 Å². The number of rotatable bonds is 4. The van der Waals surface area contributed by atoms with Crippen LogP contribution in [-0.4, -0.2) is 10.9 Å². The molecular weight excluding hydrogens is 371 g/mol. The third-order valence-corrected chi connectivity index (χ3v) is 4.84. The quantitative estimate of drug-likeness (QED) is 0.505. The van der Waals surface area contributed by atoms with Crippen molar-refractivity contribution in [3.8, 4) is 0 Å². The van der Waals surface area contributed by atoms with Crippen LogP contribution >= 0.6 is 12.2 Å². The molecule has 3 aromatic carbocycles. The topological polar surface area (TPSA) is 41.1 Å². The average molecular weight is 388 g/mol. The lowest BCUT2D eigenvalue weighted by Gasteiger charge is -2.32. The van der Waals surface area contributed by atoms with Crippen LogP contribution in [0.2, 0.25) is 0 Å². The molecular formula is C23H17FN2OS. The fraction of sp³-hybridized carbons (Fsp3) is 0.0435. The van der Waals surface area contributed by atoms with Crippen molar-refractivity contribution in [2.24, 2.45) is 0 Å². The summed E-state index contributed by atoms with van der Waals surface area (Å²) >= 11 is 5.40. The van der Waals surface area contributed by atoms with Crippen LogP contribution in [0.4, 0.5) is 4.39 Å². The highest BCUT2D eigenvalue weighted by Gasteiger charge is 2.32. The Morgan fingerprint density at radius 1 is 0.857 bits per heavy atom. The van der Waals surface area contributed by atoms with Crippen molar-refractivity contribution < 1.29 is 9.18 Å². The lowest BCUT2D eigenvalue weighted by molar-refractivity contribution is 0.102. The predicted octanol–water partition coefficient (Wildman–Crippen LogP) is 4.64. The first-order chi connectivity index (χ1) is 13.6. The lowest BCUT2D eigenvalue weighted by Crippen LogP contribution is -2.44.